The van der Waals surface area contributed by atoms with Gasteiger partial charge in [0, 0.05) is 38.3 Å². The highest BCUT2D eigenvalue weighted by molar-refractivity contribution is 5.77. The second-order valence-corrected chi connectivity index (χ2v) is 8.21. The summed E-state index contributed by atoms with van der Waals surface area (Å²) in [7, 11) is 0. The van der Waals surface area contributed by atoms with Gasteiger partial charge in [-0.05, 0) is 26.3 Å². The highest BCUT2D eigenvalue weighted by Gasteiger charge is 2.60. The summed E-state index contributed by atoms with van der Waals surface area (Å²) in [6.07, 6.45) is -17.6. The number of rotatable bonds is 6. The van der Waals surface area contributed by atoms with Gasteiger partial charge in [-0.2, -0.15) is 26.3 Å². The topological polar surface area (TPSA) is 79.3 Å². The zero-order chi connectivity index (χ0) is 26.1. The molecule has 1 fully saturated rings. The molecule has 1 aromatic rings. The van der Waals surface area contributed by atoms with Crippen molar-refractivity contribution in [3.05, 3.63) is 29.1 Å². The van der Waals surface area contributed by atoms with Gasteiger partial charge in [0.05, 0.1) is 0 Å². The van der Waals surface area contributed by atoms with E-state index in [-0.39, 0.29) is 49.6 Å². The van der Waals surface area contributed by atoms with Crippen LogP contribution in [0, 0.1) is 12.7 Å². The Morgan fingerprint density at radius 2 is 1.56 bits per heavy atom. The maximum absolute atomic E-state index is 14.7. The van der Waals surface area contributed by atoms with E-state index in [1.54, 1.807) is 4.90 Å². The fourth-order valence-corrected chi connectivity index (χ4v) is 3.05. The summed E-state index contributed by atoms with van der Waals surface area (Å²) in [5, 5.41) is 9.27. The molecule has 1 N–H and O–H groups in total. The molecule has 7 nitrogen and oxygen atoms in total. The van der Waals surface area contributed by atoms with Gasteiger partial charge in [0.25, 0.3) is 6.10 Å². The van der Waals surface area contributed by atoms with Crippen LogP contribution in [0.4, 0.5) is 35.5 Å². The maximum atomic E-state index is 14.7. The number of alkyl halides is 6. The number of aryl methyl sites for hydroxylation is 1. The molecule has 0 saturated carbocycles. The van der Waals surface area contributed by atoms with Crippen molar-refractivity contribution in [3.8, 4) is 5.75 Å². The second-order valence-electron chi connectivity index (χ2n) is 8.21. The van der Waals surface area contributed by atoms with Crippen LogP contribution in [-0.2, 0) is 16.1 Å². The van der Waals surface area contributed by atoms with Crippen molar-refractivity contribution in [2.75, 3.05) is 26.2 Å². The van der Waals surface area contributed by atoms with Gasteiger partial charge in [0.2, 0.25) is 0 Å². The van der Waals surface area contributed by atoms with E-state index in [9.17, 15) is 45.4 Å². The van der Waals surface area contributed by atoms with Gasteiger partial charge in [0.1, 0.15) is 0 Å². The molecule has 0 aliphatic carbocycles. The van der Waals surface area contributed by atoms with Gasteiger partial charge >= 0.3 is 24.4 Å². The number of carbonyl (C=O) groups excluding carboxylic acids is 1. The molecule has 1 heterocycles. The first kappa shape index (κ1) is 27.5. The fourth-order valence-electron chi connectivity index (χ4n) is 3.05. The molecule has 0 atom stereocenters. The average molecular weight is 504 g/mol. The van der Waals surface area contributed by atoms with Crippen LogP contribution in [-0.4, -0.2) is 77.2 Å². The monoisotopic (exact) mass is 504 g/mol. The molecule has 0 spiro atoms. The zero-order valence-corrected chi connectivity index (χ0v) is 18.4. The Morgan fingerprint density at radius 1 is 1.03 bits per heavy atom. The van der Waals surface area contributed by atoms with E-state index in [1.165, 1.54) is 32.9 Å². The molecule has 0 unspecified atom stereocenters. The standard InChI is InChI=1S/C20H23F7N2O5/c1-11-4-5-12(14(13(11)21)34-18(2,3)16(30)31)10-28-6-8-29(9-7-28)17(32)33-15(19(22,23)24)20(25,26)27/h4-5,15H,6-10H2,1-3H3,(H,30,31). The number of amides is 1. The SMILES string of the molecule is Cc1ccc(CN2CCN(C(=O)OC(C(F)(F)F)C(F)(F)F)CC2)c(OC(C)(C)C(=O)O)c1F. The lowest BCUT2D eigenvalue weighted by atomic mass is 10.1. The van der Waals surface area contributed by atoms with Crippen LogP contribution in [0.3, 0.4) is 0 Å². The maximum Gasteiger partial charge on any atom is 0.434 e. The highest BCUT2D eigenvalue weighted by Crippen LogP contribution is 2.36. The number of piperazine rings is 1. The van der Waals surface area contributed by atoms with Crippen LogP contribution in [0.25, 0.3) is 0 Å². The average Bonchev–Trinajstić information content (AvgIpc) is 2.70. The van der Waals surface area contributed by atoms with Crippen molar-refractivity contribution in [3.63, 3.8) is 0 Å². The number of ether oxygens (including phenoxy) is 2. The lowest BCUT2D eigenvalue weighted by Gasteiger charge is -2.35. The summed E-state index contributed by atoms with van der Waals surface area (Å²) < 4.78 is 99.5. The van der Waals surface area contributed by atoms with Gasteiger partial charge in [-0.25, -0.2) is 14.0 Å². The number of halogens is 7. The van der Waals surface area contributed by atoms with Gasteiger partial charge in [-0.1, -0.05) is 12.1 Å². The lowest BCUT2D eigenvalue weighted by Crippen LogP contribution is -2.52. The van der Waals surface area contributed by atoms with E-state index in [1.807, 2.05) is 0 Å². The Bertz CT molecular complexity index is 896. The summed E-state index contributed by atoms with van der Waals surface area (Å²) in [5.74, 6) is -2.38. The number of aliphatic carboxylic acids is 1. The van der Waals surface area contributed by atoms with Crippen molar-refractivity contribution in [1.82, 2.24) is 9.80 Å². The molecule has 0 bridgehead atoms. The first-order chi connectivity index (χ1) is 15.4. The van der Waals surface area contributed by atoms with E-state index < -0.39 is 41.9 Å². The third-order valence-corrected chi connectivity index (χ3v) is 5.08. The van der Waals surface area contributed by atoms with Gasteiger partial charge in [0.15, 0.2) is 17.2 Å². The molecule has 1 aromatic carbocycles. The summed E-state index contributed by atoms with van der Waals surface area (Å²) >= 11 is 0. The molecule has 1 saturated heterocycles. The molecule has 0 radical (unpaired) electrons. The Kier molecular flexibility index (Phi) is 7.95. The minimum absolute atomic E-state index is 0.0229. The van der Waals surface area contributed by atoms with Crippen LogP contribution < -0.4 is 4.74 Å². The van der Waals surface area contributed by atoms with Crippen molar-refractivity contribution in [2.45, 2.75) is 51.4 Å². The minimum Gasteiger partial charge on any atom is -0.478 e. The molecule has 14 heteroatoms. The largest absolute Gasteiger partial charge is 0.478 e. The quantitative estimate of drug-likeness (QED) is 0.588. The van der Waals surface area contributed by atoms with Crippen molar-refractivity contribution >= 4 is 12.1 Å². The molecule has 2 rings (SSSR count). The molecule has 1 aliphatic heterocycles. The number of carbonyl (C=O) groups is 2. The number of benzene rings is 1. The number of carboxylic acid groups (broad SMARTS) is 1. The Morgan fingerprint density at radius 3 is 2.03 bits per heavy atom. The van der Waals surface area contributed by atoms with E-state index in [0.717, 1.165) is 0 Å². The lowest BCUT2D eigenvalue weighted by molar-refractivity contribution is -0.308. The van der Waals surface area contributed by atoms with Crippen molar-refractivity contribution in [2.24, 2.45) is 0 Å². The molecule has 1 amide bonds. The predicted molar refractivity (Wildman–Crippen MR) is 103 cm³/mol. The summed E-state index contributed by atoms with van der Waals surface area (Å²) in [5.41, 5.74) is -1.27. The smallest absolute Gasteiger partial charge is 0.434 e. The first-order valence-electron chi connectivity index (χ1n) is 9.95. The molecule has 192 valence electrons. The Balaban J connectivity index is 2.08. The summed E-state index contributed by atoms with van der Waals surface area (Å²) in [6, 6.07) is 2.97. The third-order valence-electron chi connectivity index (χ3n) is 5.08. The third kappa shape index (κ3) is 6.64. The minimum atomic E-state index is -5.81. The normalized spacial score (nSPS) is 16.0. The predicted octanol–water partition coefficient (Wildman–Crippen LogP) is 4.12. The van der Waals surface area contributed by atoms with Gasteiger partial charge < -0.3 is 19.5 Å². The summed E-state index contributed by atoms with van der Waals surface area (Å²) in [4.78, 5) is 25.6. The van der Waals surface area contributed by atoms with E-state index in [2.05, 4.69) is 4.74 Å². The zero-order valence-electron chi connectivity index (χ0n) is 18.4. The number of carboxylic acids is 1. The first-order valence-corrected chi connectivity index (χ1v) is 9.95. The highest BCUT2D eigenvalue weighted by atomic mass is 19.4. The Hall–Kier alpha value is -2.77. The van der Waals surface area contributed by atoms with Crippen LogP contribution in [0.15, 0.2) is 12.1 Å². The van der Waals surface area contributed by atoms with Crippen LogP contribution in [0.1, 0.15) is 25.0 Å². The Labute approximate surface area is 190 Å². The number of nitrogens with zero attached hydrogens (tertiary/aromatic N) is 2. The van der Waals surface area contributed by atoms with Crippen LogP contribution in [0.5, 0.6) is 5.75 Å². The van der Waals surface area contributed by atoms with Gasteiger partial charge in [-0.15, -0.1) is 0 Å². The number of hydrogen-bond donors (Lipinski definition) is 1. The molecule has 34 heavy (non-hydrogen) atoms. The second kappa shape index (κ2) is 9.84. The fraction of sp³-hybridized carbons (Fsp3) is 0.600. The summed E-state index contributed by atoms with van der Waals surface area (Å²) in [6.45, 7) is 3.52. The molecule has 1 aliphatic rings. The van der Waals surface area contributed by atoms with Crippen LogP contribution in [0.2, 0.25) is 0 Å². The number of hydrogen-bond acceptors (Lipinski definition) is 5. The van der Waals surface area contributed by atoms with Crippen LogP contribution >= 0.6 is 0 Å². The van der Waals surface area contributed by atoms with E-state index >= 15 is 0 Å². The van der Waals surface area contributed by atoms with E-state index in [0.29, 0.717) is 4.90 Å². The molecular weight excluding hydrogens is 481 g/mol. The molecule has 0 aromatic heterocycles. The van der Waals surface area contributed by atoms with Gasteiger partial charge in [-0.3, -0.25) is 4.90 Å². The van der Waals surface area contributed by atoms with Crippen molar-refractivity contribution < 1.29 is 54.9 Å². The van der Waals surface area contributed by atoms with E-state index in [4.69, 9.17) is 4.74 Å². The molecular formula is C20H23F7N2O5. The van der Waals surface area contributed by atoms with Crippen molar-refractivity contribution in [1.29, 1.82) is 0 Å².